The molecule has 6 rings (SSSR count). The fourth-order valence-corrected chi connectivity index (χ4v) is 4.50. The van der Waals surface area contributed by atoms with Crippen LogP contribution in [0, 0.1) is 0 Å². The van der Waals surface area contributed by atoms with Gasteiger partial charge in [-0.25, -0.2) is 18.7 Å². The van der Waals surface area contributed by atoms with E-state index in [-0.39, 0.29) is 13.0 Å². The van der Waals surface area contributed by atoms with Gasteiger partial charge in [0.25, 0.3) is 5.92 Å². The molecule has 0 aliphatic carbocycles. The van der Waals surface area contributed by atoms with Gasteiger partial charge >= 0.3 is 0 Å². The van der Waals surface area contributed by atoms with E-state index in [4.69, 9.17) is 4.98 Å². The number of hydrogen-bond acceptors (Lipinski definition) is 5. The topological polar surface area (TPSA) is 57.8 Å². The number of nitrogens with one attached hydrogen (secondary N) is 1. The zero-order chi connectivity index (χ0) is 22.4. The lowest BCUT2D eigenvalue weighted by molar-refractivity contribution is -0.0116. The maximum Gasteiger partial charge on any atom is 0.265 e. The molecule has 1 N–H and O–H groups in total. The molecule has 166 valence electrons. The highest BCUT2D eigenvalue weighted by Gasteiger charge is 2.35. The first-order valence-electron chi connectivity index (χ1n) is 11.0. The van der Waals surface area contributed by atoms with Gasteiger partial charge in [-0.2, -0.15) is 0 Å². The molecule has 0 spiro atoms. The van der Waals surface area contributed by atoms with E-state index in [0.29, 0.717) is 31.0 Å². The van der Waals surface area contributed by atoms with Gasteiger partial charge < -0.3 is 14.6 Å². The van der Waals surface area contributed by atoms with Crippen LogP contribution in [-0.2, 0) is 6.54 Å². The molecule has 1 saturated heterocycles. The Morgan fingerprint density at radius 3 is 2.79 bits per heavy atom. The third-order valence-corrected chi connectivity index (χ3v) is 6.19. The van der Waals surface area contributed by atoms with Crippen molar-refractivity contribution in [2.24, 2.45) is 4.99 Å². The largest absolute Gasteiger partial charge is 0.365 e. The van der Waals surface area contributed by atoms with Crippen LogP contribution in [0.25, 0.3) is 16.9 Å². The molecule has 6 nitrogen and oxygen atoms in total. The van der Waals surface area contributed by atoms with Crippen molar-refractivity contribution in [3.05, 3.63) is 72.2 Å². The first kappa shape index (κ1) is 19.8. The summed E-state index contributed by atoms with van der Waals surface area (Å²) in [5.41, 5.74) is 6.50. The van der Waals surface area contributed by atoms with Crippen molar-refractivity contribution in [1.82, 2.24) is 14.4 Å². The van der Waals surface area contributed by atoms with E-state index in [1.807, 2.05) is 53.3 Å². The SMILES string of the molecule is FC1(F)CCCN(c2ccc(Nc3nc(-c4ccc5c(c4)CN=C5)cn4ccnc34)cc2)C1. The summed E-state index contributed by atoms with van der Waals surface area (Å²) >= 11 is 0. The van der Waals surface area contributed by atoms with Crippen LogP contribution < -0.4 is 10.2 Å². The molecule has 0 unspecified atom stereocenters. The van der Waals surface area contributed by atoms with E-state index in [1.54, 1.807) is 11.1 Å². The number of rotatable bonds is 4. The first-order chi connectivity index (χ1) is 16.0. The summed E-state index contributed by atoms with van der Waals surface area (Å²) in [5, 5.41) is 3.36. The van der Waals surface area contributed by atoms with Crippen LogP contribution in [-0.4, -0.2) is 39.6 Å². The van der Waals surface area contributed by atoms with Crippen LogP contribution in [0.2, 0.25) is 0 Å². The lowest BCUT2D eigenvalue weighted by atomic mass is 10.0. The van der Waals surface area contributed by atoms with Crippen molar-refractivity contribution in [2.75, 3.05) is 23.3 Å². The highest BCUT2D eigenvalue weighted by atomic mass is 19.3. The van der Waals surface area contributed by atoms with E-state index in [9.17, 15) is 8.78 Å². The number of imidazole rings is 1. The molecular weight excluding hydrogens is 422 g/mol. The predicted molar refractivity (Wildman–Crippen MR) is 126 cm³/mol. The average molecular weight is 444 g/mol. The molecule has 8 heteroatoms. The second-order valence-corrected chi connectivity index (χ2v) is 8.57. The van der Waals surface area contributed by atoms with Gasteiger partial charge in [-0.15, -0.1) is 0 Å². The van der Waals surface area contributed by atoms with Gasteiger partial charge in [0.1, 0.15) is 0 Å². The van der Waals surface area contributed by atoms with Gasteiger partial charge in [0.05, 0.1) is 18.8 Å². The van der Waals surface area contributed by atoms with Crippen molar-refractivity contribution in [1.29, 1.82) is 0 Å². The highest BCUT2D eigenvalue weighted by Crippen LogP contribution is 2.31. The van der Waals surface area contributed by atoms with Crippen LogP contribution >= 0.6 is 0 Å². The Hall–Kier alpha value is -3.81. The third-order valence-electron chi connectivity index (χ3n) is 6.19. The minimum absolute atomic E-state index is 0.0390. The summed E-state index contributed by atoms with van der Waals surface area (Å²) in [7, 11) is 0. The van der Waals surface area contributed by atoms with Crippen LogP contribution in [0.5, 0.6) is 0 Å². The monoisotopic (exact) mass is 444 g/mol. The smallest absolute Gasteiger partial charge is 0.265 e. The number of benzene rings is 2. The zero-order valence-corrected chi connectivity index (χ0v) is 17.9. The van der Waals surface area contributed by atoms with Crippen molar-refractivity contribution in [3.8, 4) is 11.3 Å². The minimum atomic E-state index is -2.63. The molecule has 2 aromatic carbocycles. The Labute approximate surface area is 189 Å². The number of alkyl halides is 2. The van der Waals surface area contributed by atoms with E-state index >= 15 is 0 Å². The van der Waals surface area contributed by atoms with Crippen LogP contribution in [0.4, 0.5) is 26.0 Å². The quantitative estimate of drug-likeness (QED) is 0.464. The van der Waals surface area contributed by atoms with Crippen molar-refractivity contribution in [2.45, 2.75) is 25.3 Å². The standard InChI is InChI=1S/C25H22F2N6/c26-25(27)8-1-10-33(16-25)21-6-4-20(5-7-21)30-23-24-29-9-11-32(24)15-22(31-23)17-2-3-18-13-28-14-19(18)12-17/h2-7,9,11-13,15H,1,8,10,14,16H2,(H,30,31). The summed E-state index contributed by atoms with van der Waals surface area (Å²) in [4.78, 5) is 15.4. The number of halogens is 2. The van der Waals surface area contributed by atoms with Crippen LogP contribution in [0.15, 0.2) is 66.0 Å². The summed E-state index contributed by atoms with van der Waals surface area (Å²) in [5.74, 6) is -2.00. The molecule has 0 bridgehead atoms. The zero-order valence-electron chi connectivity index (χ0n) is 17.9. The van der Waals surface area contributed by atoms with Crippen molar-refractivity contribution < 1.29 is 8.78 Å². The number of hydrogen-bond donors (Lipinski definition) is 1. The predicted octanol–water partition coefficient (Wildman–Crippen LogP) is 5.31. The Morgan fingerprint density at radius 1 is 1.06 bits per heavy atom. The third kappa shape index (κ3) is 3.82. The number of aliphatic imine (C=N–C) groups is 1. The summed E-state index contributed by atoms with van der Waals surface area (Å²) in [6, 6.07) is 13.8. The van der Waals surface area contributed by atoms with E-state index in [2.05, 4.69) is 27.4 Å². The first-order valence-corrected chi connectivity index (χ1v) is 11.0. The molecule has 0 radical (unpaired) electrons. The average Bonchev–Trinajstić information content (AvgIpc) is 3.48. The van der Waals surface area contributed by atoms with Crippen molar-refractivity contribution in [3.63, 3.8) is 0 Å². The Morgan fingerprint density at radius 2 is 1.94 bits per heavy atom. The van der Waals surface area contributed by atoms with Gasteiger partial charge in [0, 0.05) is 54.7 Å². The molecule has 4 heterocycles. The van der Waals surface area contributed by atoms with Gasteiger partial charge in [-0.1, -0.05) is 12.1 Å². The summed E-state index contributed by atoms with van der Waals surface area (Å²) in [6.07, 6.45) is 7.95. The van der Waals surface area contributed by atoms with Crippen molar-refractivity contribution >= 4 is 29.1 Å². The number of fused-ring (bicyclic) bond motifs is 2. The Balaban J connectivity index is 1.29. The normalized spacial score (nSPS) is 16.8. The molecule has 4 aromatic rings. The van der Waals surface area contributed by atoms with E-state index in [1.165, 1.54) is 5.56 Å². The van der Waals surface area contributed by atoms with Gasteiger partial charge in [-0.3, -0.25) is 4.99 Å². The lowest BCUT2D eigenvalue weighted by Gasteiger charge is -2.34. The van der Waals surface area contributed by atoms with Gasteiger partial charge in [0.15, 0.2) is 11.5 Å². The van der Waals surface area contributed by atoms with Crippen LogP contribution in [0.1, 0.15) is 24.0 Å². The summed E-state index contributed by atoms with van der Waals surface area (Å²) < 4.78 is 29.5. The molecule has 33 heavy (non-hydrogen) atoms. The molecule has 1 fully saturated rings. The number of nitrogens with zero attached hydrogens (tertiary/aromatic N) is 5. The minimum Gasteiger partial charge on any atom is -0.365 e. The number of piperidine rings is 1. The molecule has 0 amide bonds. The maximum absolute atomic E-state index is 13.8. The molecule has 2 aliphatic rings. The fourth-order valence-electron chi connectivity index (χ4n) is 4.50. The highest BCUT2D eigenvalue weighted by molar-refractivity contribution is 5.86. The Bertz CT molecular complexity index is 1360. The Kier molecular flexibility index (Phi) is 4.60. The molecular formula is C25H22F2N6. The number of anilines is 3. The van der Waals surface area contributed by atoms with E-state index in [0.717, 1.165) is 28.2 Å². The van der Waals surface area contributed by atoms with Gasteiger partial charge in [-0.05, 0) is 47.9 Å². The van der Waals surface area contributed by atoms with Gasteiger partial charge in [0.2, 0.25) is 0 Å². The fraction of sp³-hybridized carbons (Fsp3) is 0.240. The molecule has 0 saturated carbocycles. The lowest BCUT2D eigenvalue weighted by Crippen LogP contribution is -2.42. The van der Waals surface area contributed by atoms with E-state index < -0.39 is 5.92 Å². The molecule has 2 aliphatic heterocycles. The molecule has 0 atom stereocenters. The summed E-state index contributed by atoms with van der Waals surface area (Å²) in [6.45, 7) is 1.10. The second kappa shape index (κ2) is 7.65. The number of aromatic nitrogens is 3. The maximum atomic E-state index is 13.8. The van der Waals surface area contributed by atoms with Crippen LogP contribution in [0.3, 0.4) is 0 Å². The second-order valence-electron chi connectivity index (χ2n) is 8.57. The molecule has 2 aromatic heterocycles.